The molecular weight excluding hydrogens is 424 g/mol. The van der Waals surface area contributed by atoms with E-state index in [1.165, 1.54) is 0 Å². The molecule has 4 rings (SSSR count). The van der Waals surface area contributed by atoms with Crippen LogP contribution in [0.1, 0.15) is 39.2 Å². The van der Waals surface area contributed by atoms with Crippen molar-refractivity contribution in [3.63, 3.8) is 0 Å². The van der Waals surface area contributed by atoms with Gasteiger partial charge in [-0.25, -0.2) is 9.78 Å². The normalized spacial score (nSPS) is 16.9. The minimum atomic E-state index is -0.498. The van der Waals surface area contributed by atoms with Crippen molar-refractivity contribution in [2.45, 2.75) is 51.8 Å². The first-order valence-corrected chi connectivity index (χ1v) is 11.5. The zero-order valence-electron chi connectivity index (χ0n) is 19.2. The summed E-state index contributed by atoms with van der Waals surface area (Å²) in [4.78, 5) is 21.6. The third-order valence-electron chi connectivity index (χ3n) is 5.80. The maximum absolute atomic E-state index is 12.6. The number of halogens is 1. The van der Waals surface area contributed by atoms with E-state index in [0.717, 1.165) is 47.0 Å². The van der Waals surface area contributed by atoms with Gasteiger partial charge in [0.05, 0.1) is 17.6 Å². The summed E-state index contributed by atoms with van der Waals surface area (Å²) in [7, 11) is 2.07. The van der Waals surface area contributed by atoms with Gasteiger partial charge in [-0.1, -0.05) is 35.9 Å². The summed E-state index contributed by atoms with van der Waals surface area (Å²) in [5.41, 5.74) is 2.71. The van der Waals surface area contributed by atoms with E-state index in [0.29, 0.717) is 13.1 Å². The summed E-state index contributed by atoms with van der Waals surface area (Å²) in [6.45, 7) is 7.74. The van der Waals surface area contributed by atoms with Crippen LogP contribution in [0.3, 0.4) is 0 Å². The highest BCUT2D eigenvalue weighted by atomic mass is 35.5. The lowest BCUT2D eigenvalue weighted by molar-refractivity contribution is 0.0199. The molecule has 0 radical (unpaired) electrons. The Hall–Kier alpha value is -2.73. The number of piperidine rings is 1. The molecule has 1 aromatic heterocycles. The van der Waals surface area contributed by atoms with E-state index in [4.69, 9.17) is 21.3 Å². The highest BCUT2D eigenvalue weighted by Gasteiger charge is 2.31. The van der Waals surface area contributed by atoms with Crippen molar-refractivity contribution in [2.75, 3.05) is 25.0 Å². The van der Waals surface area contributed by atoms with Crippen molar-refractivity contribution in [3.8, 4) is 0 Å². The Morgan fingerprint density at radius 1 is 1.19 bits per heavy atom. The predicted octanol–water partition coefficient (Wildman–Crippen LogP) is 5.57. The summed E-state index contributed by atoms with van der Waals surface area (Å²) in [5, 5.41) is 0.728. The second kappa shape index (κ2) is 9.02. The van der Waals surface area contributed by atoms with E-state index in [9.17, 15) is 4.79 Å². The number of ether oxygens (including phenoxy) is 1. The van der Waals surface area contributed by atoms with Gasteiger partial charge in [0.25, 0.3) is 0 Å². The van der Waals surface area contributed by atoms with Crippen LogP contribution in [0.2, 0.25) is 5.02 Å². The number of carbonyl (C=O) groups is 1. The van der Waals surface area contributed by atoms with Gasteiger partial charge in [-0.15, -0.1) is 0 Å². The van der Waals surface area contributed by atoms with Gasteiger partial charge < -0.3 is 19.1 Å². The van der Waals surface area contributed by atoms with Crippen molar-refractivity contribution in [1.29, 1.82) is 0 Å². The molecule has 1 atom stereocenters. The lowest BCUT2D eigenvalue weighted by atomic mass is 10.1. The Morgan fingerprint density at radius 2 is 1.91 bits per heavy atom. The molecule has 1 amide bonds. The van der Waals surface area contributed by atoms with Crippen LogP contribution in [0.4, 0.5) is 10.7 Å². The minimum absolute atomic E-state index is 0.164. The Labute approximate surface area is 194 Å². The number of amides is 1. The molecule has 3 aromatic rings. The van der Waals surface area contributed by atoms with Gasteiger partial charge in [-0.05, 0) is 63.4 Å². The number of hydrogen-bond acceptors (Lipinski definition) is 4. The zero-order valence-corrected chi connectivity index (χ0v) is 20.0. The third kappa shape index (κ3) is 5.01. The summed E-state index contributed by atoms with van der Waals surface area (Å²) in [6.07, 6.45) is 1.69. The van der Waals surface area contributed by atoms with Crippen molar-refractivity contribution in [2.24, 2.45) is 0 Å². The van der Waals surface area contributed by atoms with Crippen molar-refractivity contribution in [3.05, 3.63) is 59.1 Å². The Kier molecular flexibility index (Phi) is 6.33. The van der Waals surface area contributed by atoms with Gasteiger partial charge in [-0.3, -0.25) is 0 Å². The summed E-state index contributed by atoms with van der Waals surface area (Å²) < 4.78 is 7.85. The predicted molar refractivity (Wildman–Crippen MR) is 130 cm³/mol. The number of para-hydroxylation sites is 2. The minimum Gasteiger partial charge on any atom is -0.444 e. The van der Waals surface area contributed by atoms with Crippen LogP contribution in [-0.4, -0.2) is 52.3 Å². The maximum Gasteiger partial charge on any atom is 0.410 e. The first-order chi connectivity index (χ1) is 15.2. The number of fused-ring (bicyclic) bond motifs is 1. The quantitative estimate of drug-likeness (QED) is 0.516. The van der Waals surface area contributed by atoms with Gasteiger partial charge in [-0.2, -0.15) is 0 Å². The van der Waals surface area contributed by atoms with E-state index < -0.39 is 5.60 Å². The van der Waals surface area contributed by atoms with Gasteiger partial charge in [0.15, 0.2) is 0 Å². The molecule has 1 aliphatic rings. The molecule has 6 nitrogen and oxygen atoms in total. The van der Waals surface area contributed by atoms with Crippen molar-refractivity contribution in [1.82, 2.24) is 14.5 Å². The highest BCUT2D eigenvalue weighted by Crippen LogP contribution is 2.27. The average molecular weight is 455 g/mol. The van der Waals surface area contributed by atoms with Crippen LogP contribution < -0.4 is 4.90 Å². The van der Waals surface area contributed by atoms with Crippen LogP contribution in [0.15, 0.2) is 48.5 Å². The molecule has 0 bridgehead atoms. The molecular formula is C25H31ClN4O2. The number of hydrogen-bond donors (Lipinski definition) is 0. The average Bonchev–Trinajstić information content (AvgIpc) is 3.12. The molecule has 2 heterocycles. The number of likely N-dealkylation sites (N-methyl/N-ethyl adjacent to an activating group) is 1. The molecule has 0 spiro atoms. The standard InChI is InChI=1S/C25H31ClN4O2/c1-25(2,3)32-24(31)29-15-7-8-20(17-29)28(4)23-27-21-9-5-6-10-22(21)30(23)16-18-11-13-19(26)14-12-18/h5-6,9-14,20H,7-8,15-17H2,1-4H3/t20-/m1/s1. The van der Waals surface area contributed by atoms with Gasteiger partial charge in [0, 0.05) is 31.2 Å². The molecule has 0 N–H and O–H groups in total. The maximum atomic E-state index is 12.6. The van der Waals surface area contributed by atoms with Crippen LogP contribution in [0.25, 0.3) is 11.0 Å². The molecule has 7 heteroatoms. The second-order valence-corrected chi connectivity index (χ2v) is 9.88. The smallest absolute Gasteiger partial charge is 0.410 e. The first kappa shape index (κ1) is 22.5. The molecule has 1 fully saturated rings. The van der Waals surface area contributed by atoms with E-state index in [-0.39, 0.29) is 12.1 Å². The van der Waals surface area contributed by atoms with Crippen LogP contribution in [0, 0.1) is 0 Å². The summed E-state index contributed by atoms with van der Waals surface area (Å²) in [6, 6.07) is 16.3. The van der Waals surface area contributed by atoms with Gasteiger partial charge >= 0.3 is 6.09 Å². The fourth-order valence-electron chi connectivity index (χ4n) is 4.19. The summed E-state index contributed by atoms with van der Waals surface area (Å²) in [5.74, 6) is 0.900. The van der Waals surface area contributed by atoms with Crippen molar-refractivity contribution >= 4 is 34.7 Å². The molecule has 0 aliphatic carbocycles. The number of benzene rings is 2. The number of aromatic nitrogens is 2. The lowest BCUT2D eigenvalue weighted by Gasteiger charge is -2.38. The largest absolute Gasteiger partial charge is 0.444 e. The number of likely N-dealkylation sites (tertiary alicyclic amines) is 1. The topological polar surface area (TPSA) is 50.6 Å². The van der Waals surface area contributed by atoms with Crippen LogP contribution in [-0.2, 0) is 11.3 Å². The molecule has 1 aliphatic heterocycles. The van der Waals surface area contributed by atoms with Crippen LogP contribution >= 0.6 is 11.6 Å². The molecule has 0 unspecified atom stereocenters. The summed E-state index contributed by atoms with van der Waals surface area (Å²) >= 11 is 6.08. The number of nitrogens with zero attached hydrogens (tertiary/aromatic N) is 4. The number of anilines is 1. The van der Waals surface area contributed by atoms with E-state index in [2.05, 4.69) is 22.6 Å². The Bertz CT molecular complexity index is 1090. The first-order valence-electron chi connectivity index (χ1n) is 11.1. The fraction of sp³-hybridized carbons (Fsp3) is 0.440. The molecule has 0 saturated carbocycles. The van der Waals surface area contributed by atoms with Gasteiger partial charge in [0.1, 0.15) is 5.60 Å². The van der Waals surface area contributed by atoms with E-state index >= 15 is 0 Å². The molecule has 2 aromatic carbocycles. The number of imidazole rings is 1. The van der Waals surface area contributed by atoms with Crippen molar-refractivity contribution < 1.29 is 9.53 Å². The van der Waals surface area contributed by atoms with Crippen LogP contribution in [0.5, 0.6) is 0 Å². The van der Waals surface area contributed by atoms with Gasteiger partial charge in [0.2, 0.25) is 5.95 Å². The SMILES string of the molecule is CN(c1nc2ccccc2n1Cc1ccc(Cl)cc1)[C@@H]1CCCN(C(=O)OC(C)(C)C)C1. The monoisotopic (exact) mass is 454 g/mol. The third-order valence-corrected chi connectivity index (χ3v) is 6.05. The molecule has 32 heavy (non-hydrogen) atoms. The number of rotatable bonds is 4. The molecule has 1 saturated heterocycles. The molecule has 170 valence electrons. The van der Waals surface area contributed by atoms with E-state index in [1.807, 2.05) is 68.1 Å². The number of carbonyl (C=O) groups excluding carboxylic acids is 1. The second-order valence-electron chi connectivity index (χ2n) is 9.45. The Balaban J connectivity index is 1.61. The highest BCUT2D eigenvalue weighted by molar-refractivity contribution is 6.30. The lowest BCUT2D eigenvalue weighted by Crippen LogP contribution is -2.50. The zero-order chi connectivity index (χ0) is 22.9. The van der Waals surface area contributed by atoms with E-state index in [1.54, 1.807) is 0 Å². The Morgan fingerprint density at radius 3 is 2.62 bits per heavy atom. The fourth-order valence-corrected chi connectivity index (χ4v) is 4.31.